The number of hydrogen-bond acceptors (Lipinski definition) is 3. The molecule has 2 amide bonds. The van der Waals surface area contributed by atoms with Crippen LogP contribution in [0.1, 0.15) is 59.1 Å². The Morgan fingerprint density at radius 2 is 2.00 bits per heavy atom. The summed E-state index contributed by atoms with van der Waals surface area (Å²) < 4.78 is 1.94. The number of nitrogens with zero attached hydrogens (tertiary/aromatic N) is 3. The normalized spacial score (nSPS) is 13.2. The second-order valence-corrected chi connectivity index (χ2v) is 6.64. The van der Waals surface area contributed by atoms with Crippen molar-refractivity contribution in [3.8, 4) is 0 Å². The van der Waals surface area contributed by atoms with Crippen molar-refractivity contribution in [1.82, 2.24) is 14.5 Å². The maximum atomic E-state index is 12.8. The van der Waals surface area contributed by atoms with Gasteiger partial charge in [-0.25, -0.2) is 4.98 Å². The van der Waals surface area contributed by atoms with Crippen molar-refractivity contribution in [3.63, 3.8) is 0 Å². The van der Waals surface area contributed by atoms with E-state index in [0.29, 0.717) is 24.6 Å². The van der Waals surface area contributed by atoms with Crippen LogP contribution in [-0.4, -0.2) is 39.4 Å². The van der Waals surface area contributed by atoms with Gasteiger partial charge >= 0.3 is 0 Å². The van der Waals surface area contributed by atoms with Crippen LogP contribution in [0.4, 0.5) is 5.69 Å². The van der Waals surface area contributed by atoms with E-state index < -0.39 is 0 Å². The second kappa shape index (κ2) is 7.72. The van der Waals surface area contributed by atoms with E-state index in [1.54, 1.807) is 4.90 Å². The van der Waals surface area contributed by atoms with Gasteiger partial charge in [0, 0.05) is 25.3 Å². The smallest absolute Gasteiger partial charge is 0.289 e. The molecule has 1 aromatic heterocycles. The zero-order chi connectivity index (χ0) is 18.7. The number of rotatable bonds is 5. The Hall–Kier alpha value is -2.63. The van der Waals surface area contributed by atoms with Crippen LogP contribution in [0.25, 0.3) is 0 Å². The number of aryl methyl sites for hydroxylation is 1. The summed E-state index contributed by atoms with van der Waals surface area (Å²) in [5.41, 5.74) is 3.06. The van der Waals surface area contributed by atoms with Crippen LogP contribution in [0.2, 0.25) is 0 Å². The Kier molecular flexibility index (Phi) is 5.40. The molecule has 0 atom stereocenters. The van der Waals surface area contributed by atoms with E-state index in [1.807, 2.05) is 49.6 Å². The number of aromatic nitrogens is 2. The van der Waals surface area contributed by atoms with Gasteiger partial charge in [-0.05, 0) is 57.7 Å². The summed E-state index contributed by atoms with van der Waals surface area (Å²) >= 11 is 0. The summed E-state index contributed by atoms with van der Waals surface area (Å²) in [5, 5.41) is 2.92. The van der Waals surface area contributed by atoms with Gasteiger partial charge < -0.3 is 14.8 Å². The van der Waals surface area contributed by atoms with Gasteiger partial charge in [-0.1, -0.05) is 12.1 Å². The lowest BCUT2D eigenvalue weighted by molar-refractivity contribution is 0.0754. The quantitative estimate of drug-likeness (QED) is 0.896. The fraction of sp³-hybridized carbons (Fsp3) is 0.450. The largest absolute Gasteiger partial charge is 0.337 e. The van der Waals surface area contributed by atoms with Crippen molar-refractivity contribution < 1.29 is 9.59 Å². The van der Waals surface area contributed by atoms with Crippen LogP contribution in [0.5, 0.6) is 0 Å². The number of hydrogen-bond donors (Lipinski definition) is 1. The van der Waals surface area contributed by atoms with Crippen molar-refractivity contribution in [2.24, 2.45) is 0 Å². The number of carbonyl (C=O) groups is 2. The Labute approximate surface area is 154 Å². The summed E-state index contributed by atoms with van der Waals surface area (Å²) in [7, 11) is 0. The van der Waals surface area contributed by atoms with Crippen LogP contribution in [0.15, 0.2) is 24.3 Å². The van der Waals surface area contributed by atoms with Gasteiger partial charge in [0.2, 0.25) is 0 Å². The first-order chi connectivity index (χ1) is 12.5. The topological polar surface area (TPSA) is 67.2 Å². The highest BCUT2D eigenvalue weighted by molar-refractivity contribution is 6.05. The molecule has 3 rings (SSSR count). The van der Waals surface area contributed by atoms with E-state index in [9.17, 15) is 9.59 Å². The van der Waals surface area contributed by atoms with Crippen LogP contribution in [0.3, 0.4) is 0 Å². The molecule has 138 valence electrons. The lowest BCUT2D eigenvalue weighted by atomic mass is 10.1. The molecule has 0 bridgehead atoms. The molecular formula is C20H26N4O2. The van der Waals surface area contributed by atoms with E-state index in [-0.39, 0.29) is 11.8 Å². The Morgan fingerprint density at radius 3 is 2.69 bits per heavy atom. The summed E-state index contributed by atoms with van der Waals surface area (Å²) in [6.07, 6.45) is 2.78. The molecule has 0 radical (unpaired) electrons. The number of carbonyl (C=O) groups excluding carboxylic acids is 2. The van der Waals surface area contributed by atoms with E-state index >= 15 is 0 Å². The van der Waals surface area contributed by atoms with Gasteiger partial charge in [0.1, 0.15) is 0 Å². The molecule has 26 heavy (non-hydrogen) atoms. The van der Waals surface area contributed by atoms with E-state index in [2.05, 4.69) is 10.3 Å². The predicted octanol–water partition coefficient (Wildman–Crippen LogP) is 3.26. The zero-order valence-electron chi connectivity index (χ0n) is 15.7. The monoisotopic (exact) mass is 354 g/mol. The standard InChI is InChI=1S/C20H26N4O2/c1-4-23(5-2)20(26)18-22-17(16-11-6-7-12-24(16)18)19(25)21-15-10-8-9-14(3)13-15/h8-10,13H,4-7,11-12H2,1-3H3,(H,21,25). The summed E-state index contributed by atoms with van der Waals surface area (Å²) in [6.45, 7) is 7.88. The van der Waals surface area contributed by atoms with Crippen LogP contribution >= 0.6 is 0 Å². The second-order valence-electron chi connectivity index (χ2n) is 6.64. The molecule has 1 aromatic carbocycles. The van der Waals surface area contributed by atoms with E-state index in [4.69, 9.17) is 0 Å². The minimum absolute atomic E-state index is 0.104. The molecule has 6 nitrogen and oxygen atoms in total. The van der Waals surface area contributed by atoms with Gasteiger partial charge in [0.15, 0.2) is 11.5 Å². The lowest BCUT2D eigenvalue weighted by Crippen LogP contribution is -2.33. The summed E-state index contributed by atoms with van der Waals surface area (Å²) in [4.78, 5) is 31.9. The molecule has 0 aliphatic carbocycles. The van der Waals surface area contributed by atoms with Crippen LogP contribution in [0, 0.1) is 6.92 Å². The molecular weight excluding hydrogens is 328 g/mol. The maximum Gasteiger partial charge on any atom is 0.289 e. The van der Waals surface area contributed by atoms with Gasteiger partial charge in [-0.15, -0.1) is 0 Å². The number of benzene rings is 1. The van der Waals surface area contributed by atoms with Crippen molar-refractivity contribution in [2.75, 3.05) is 18.4 Å². The number of fused-ring (bicyclic) bond motifs is 1. The van der Waals surface area contributed by atoms with Crippen molar-refractivity contribution in [2.45, 2.75) is 46.6 Å². The molecule has 0 spiro atoms. The minimum Gasteiger partial charge on any atom is -0.337 e. The maximum absolute atomic E-state index is 12.8. The van der Waals surface area contributed by atoms with Gasteiger partial charge in [0.25, 0.3) is 11.8 Å². The van der Waals surface area contributed by atoms with E-state index in [0.717, 1.165) is 42.8 Å². The molecule has 1 aliphatic heterocycles. The van der Waals surface area contributed by atoms with Crippen molar-refractivity contribution in [1.29, 1.82) is 0 Å². The fourth-order valence-corrected chi connectivity index (χ4v) is 3.45. The Balaban J connectivity index is 1.94. The fourth-order valence-electron chi connectivity index (χ4n) is 3.45. The third-order valence-electron chi connectivity index (χ3n) is 4.85. The number of amides is 2. The third kappa shape index (κ3) is 3.49. The average Bonchev–Trinajstić information content (AvgIpc) is 3.02. The van der Waals surface area contributed by atoms with Gasteiger partial charge in [-0.2, -0.15) is 0 Å². The summed E-state index contributed by atoms with van der Waals surface area (Å²) in [6, 6.07) is 7.66. The lowest BCUT2D eigenvalue weighted by Gasteiger charge is -2.21. The minimum atomic E-state index is -0.250. The van der Waals surface area contributed by atoms with Gasteiger partial charge in [-0.3, -0.25) is 9.59 Å². The van der Waals surface area contributed by atoms with Crippen LogP contribution in [-0.2, 0) is 13.0 Å². The molecule has 0 fully saturated rings. The number of imidazole rings is 1. The Bertz CT molecular complexity index is 821. The average molecular weight is 354 g/mol. The Morgan fingerprint density at radius 1 is 1.23 bits per heavy atom. The highest BCUT2D eigenvalue weighted by Gasteiger charge is 2.29. The van der Waals surface area contributed by atoms with Gasteiger partial charge in [0.05, 0.1) is 5.69 Å². The zero-order valence-corrected chi connectivity index (χ0v) is 15.7. The first-order valence-corrected chi connectivity index (χ1v) is 9.31. The molecule has 1 N–H and O–H groups in total. The molecule has 0 saturated heterocycles. The first kappa shape index (κ1) is 18.2. The number of nitrogens with one attached hydrogen (secondary N) is 1. The first-order valence-electron chi connectivity index (χ1n) is 9.31. The molecule has 2 aromatic rings. The van der Waals surface area contributed by atoms with Crippen molar-refractivity contribution in [3.05, 3.63) is 47.0 Å². The molecule has 6 heteroatoms. The predicted molar refractivity (Wildman–Crippen MR) is 102 cm³/mol. The molecule has 0 saturated carbocycles. The number of anilines is 1. The van der Waals surface area contributed by atoms with Crippen molar-refractivity contribution >= 4 is 17.5 Å². The van der Waals surface area contributed by atoms with Crippen LogP contribution < -0.4 is 5.32 Å². The summed E-state index contributed by atoms with van der Waals surface area (Å²) in [5.74, 6) is 0.0328. The third-order valence-corrected chi connectivity index (χ3v) is 4.85. The molecule has 1 aliphatic rings. The SMILES string of the molecule is CCN(CC)C(=O)c1nc(C(=O)Nc2cccc(C)c2)c2n1CCCC2. The highest BCUT2D eigenvalue weighted by atomic mass is 16.2. The molecule has 0 unspecified atom stereocenters. The van der Waals surface area contributed by atoms with E-state index in [1.165, 1.54) is 0 Å². The molecule has 2 heterocycles. The highest BCUT2D eigenvalue weighted by Crippen LogP contribution is 2.23.